The van der Waals surface area contributed by atoms with Crippen molar-refractivity contribution in [1.82, 2.24) is 5.32 Å². The molecule has 1 aliphatic rings. The Balaban J connectivity index is 2.26. The van der Waals surface area contributed by atoms with Crippen molar-refractivity contribution in [2.24, 2.45) is 5.92 Å². The van der Waals surface area contributed by atoms with E-state index >= 15 is 0 Å². The number of Topliss-reactive ketones (excluding diaryl/α,β-unsaturated/α-hetero) is 1. The molecule has 1 aromatic rings. The SMILES string of the molecule is CNC(c1cc(F)ccc1OC)C1CCC(=O)CC1. The smallest absolute Gasteiger partial charge is 0.132 e. The van der Waals surface area contributed by atoms with E-state index in [1.807, 2.05) is 7.05 Å². The molecule has 1 aliphatic carbocycles. The summed E-state index contributed by atoms with van der Waals surface area (Å²) in [7, 11) is 3.46. The van der Waals surface area contributed by atoms with Gasteiger partial charge in [-0.2, -0.15) is 0 Å². The molecule has 0 aromatic heterocycles. The highest BCUT2D eigenvalue weighted by molar-refractivity contribution is 5.79. The van der Waals surface area contributed by atoms with Crippen molar-refractivity contribution >= 4 is 5.78 Å². The molecule has 4 heteroatoms. The van der Waals surface area contributed by atoms with Gasteiger partial charge in [0.1, 0.15) is 17.3 Å². The molecule has 1 N–H and O–H groups in total. The Morgan fingerprint density at radius 2 is 2.05 bits per heavy atom. The van der Waals surface area contributed by atoms with Gasteiger partial charge >= 0.3 is 0 Å². The minimum Gasteiger partial charge on any atom is -0.496 e. The number of carbonyl (C=O) groups is 1. The van der Waals surface area contributed by atoms with Crippen LogP contribution in [0, 0.1) is 11.7 Å². The molecular formula is C15H20FNO2. The molecule has 1 fully saturated rings. The van der Waals surface area contributed by atoms with Gasteiger partial charge in [-0.25, -0.2) is 4.39 Å². The number of methoxy groups -OCH3 is 1. The summed E-state index contributed by atoms with van der Waals surface area (Å²) < 4.78 is 18.8. The average molecular weight is 265 g/mol. The van der Waals surface area contributed by atoms with Crippen molar-refractivity contribution in [2.75, 3.05) is 14.2 Å². The van der Waals surface area contributed by atoms with E-state index in [4.69, 9.17) is 4.74 Å². The van der Waals surface area contributed by atoms with Crippen molar-refractivity contribution in [3.05, 3.63) is 29.6 Å². The molecule has 2 rings (SSSR count). The zero-order valence-corrected chi connectivity index (χ0v) is 11.4. The fourth-order valence-electron chi connectivity index (χ4n) is 2.89. The maximum atomic E-state index is 13.5. The van der Waals surface area contributed by atoms with Crippen molar-refractivity contribution in [3.8, 4) is 5.75 Å². The Labute approximate surface area is 113 Å². The van der Waals surface area contributed by atoms with Gasteiger partial charge in [-0.05, 0) is 44.0 Å². The number of hydrogen-bond acceptors (Lipinski definition) is 3. The van der Waals surface area contributed by atoms with Crippen molar-refractivity contribution < 1.29 is 13.9 Å². The fraction of sp³-hybridized carbons (Fsp3) is 0.533. The summed E-state index contributed by atoms with van der Waals surface area (Å²) in [6.45, 7) is 0. The average Bonchev–Trinajstić information content (AvgIpc) is 2.42. The van der Waals surface area contributed by atoms with Gasteiger partial charge in [-0.1, -0.05) is 0 Å². The largest absolute Gasteiger partial charge is 0.496 e. The van der Waals surface area contributed by atoms with Crippen molar-refractivity contribution in [1.29, 1.82) is 0 Å². The Bertz CT molecular complexity index is 451. The van der Waals surface area contributed by atoms with Gasteiger partial charge in [-0.3, -0.25) is 4.79 Å². The lowest BCUT2D eigenvalue weighted by Crippen LogP contribution is -2.29. The van der Waals surface area contributed by atoms with E-state index in [9.17, 15) is 9.18 Å². The first kappa shape index (κ1) is 14.0. The summed E-state index contributed by atoms with van der Waals surface area (Å²) in [5.41, 5.74) is 0.837. The molecule has 0 radical (unpaired) electrons. The number of ether oxygens (including phenoxy) is 1. The summed E-state index contributed by atoms with van der Waals surface area (Å²) in [6.07, 6.45) is 2.95. The lowest BCUT2D eigenvalue weighted by atomic mass is 9.80. The van der Waals surface area contributed by atoms with Crippen LogP contribution < -0.4 is 10.1 Å². The molecular weight excluding hydrogens is 245 g/mol. The molecule has 0 bridgehead atoms. The third-order valence-corrected chi connectivity index (χ3v) is 3.90. The van der Waals surface area contributed by atoms with Gasteiger partial charge in [0.05, 0.1) is 7.11 Å². The monoisotopic (exact) mass is 265 g/mol. The lowest BCUT2D eigenvalue weighted by Gasteiger charge is -2.30. The number of rotatable bonds is 4. The van der Waals surface area contributed by atoms with Gasteiger partial charge in [0.2, 0.25) is 0 Å². The highest BCUT2D eigenvalue weighted by Gasteiger charge is 2.28. The first-order chi connectivity index (χ1) is 9.15. The maximum absolute atomic E-state index is 13.5. The summed E-state index contributed by atoms with van der Waals surface area (Å²) >= 11 is 0. The summed E-state index contributed by atoms with van der Waals surface area (Å²) in [6, 6.07) is 4.61. The highest BCUT2D eigenvalue weighted by Crippen LogP contribution is 2.37. The molecule has 0 amide bonds. The Morgan fingerprint density at radius 1 is 1.37 bits per heavy atom. The van der Waals surface area contributed by atoms with E-state index in [1.165, 1.54) is 12.1 Å². The van der Waals surface area contributed by atoms with E-state index in [0.717, 1.165) is 18.4 Å². The standard InChI is InChI=1S/C15H20FNO2/c1-17-15(10-3-6-12(18)7-4-10)13-9-11(16)5-8-14(13)19-2/h5,8-10,15,17H,3-4,6-7H2,1-2H3. The maximum Gasteiger partial charge on any atom is 0.132 e. The van der Waals surface area contributed by atoms with E-state index in [0.29, 0.717) is 30.3 Å². The van der Waals surface area contributed by atoms with Gasteiger partial charge in [-0.15, -0.1) is 0 Å². The van der Waals surface area contributed by atoms with E-state index in [2.05, 4.69) is 5.32 Å². The zero-order valence-electron chi connectivity index (χ0n) is 11.4. The van der Waals surface area contributed by atoms with Crippen LogP contribution >= 0.6 is 0 Å². The number of ketones is 1. The molecule has 3 nitrogen and oxygen atoms in total. The number of halogens is 1. The van der Waals surface area contributed by atoms with Crippen LogP contribution in [0.5, 0.6) is 5.75 Å². The predicted octanol–water partition coefficient (Wildman–Crippen LogP) is 2.85. The predicted molar refractivity (Wildman–Crippen MR) is 71.7 cm³/mol. The van der Waals surface area contributed by atoms with Crippen LogP contribution in [0.3, 0.4) is 0 Å². The second-order valence-corrected chi connectivity index (χ2v) is 5.03. The fourth-order valence-corrected chi connectivity index (χ4v) is 2.89. The molecule has 1 unspecified atom stereocenters. The van der Waals surface area contributed by atoms with E-state index in [-0.39, 0.29) is 11.9 Å². The highest BCUT2D eigenvalue weighted by atomic mass is 19.1. The minimum atomic E-state index is -0.261. The summed E-state index contributed by atoms with van der Waals surface area (Å²) in [4.78, 5) is 11.3. The van der Waals surface area contributed by atoms with Crippen LogP contribution in [0.2, 0.25) is 0 Å². The Hall–Kier alpha value is -1.42. The minimum absolute atomic E-state index is 0.0266. The molecule has 1 atom stereocenters. The number of hydrogen-bond donors (Lipinski definition) is 1. The Kier molecular flexibility index (Phi) is 4.53. The van der Waals surface area contributed by atoms with Crippen LogP contribution in [0.15, 0.2) is 18.2 Å². The molecule has 1 aromatic carbocycles. The topological polar surface area (TPSA) is 38.3 Å². The summed E-state index contributed by atoms with van der Waals surface area (Å²) in [5.74, 6) is 1.11. The van der Waals surface area contributed by atoms with Crippen LogP contribution in [0.1, 0.15) is 37.3 Å². The van der Waals surface area contributed by atoms with Crippen LogP contribution in [0.4, 0.5) is 4.39 Å². The molecule has 0 aliphatic heterocycles. The quantitative estimate of drug-likeness (QED) is 0.909. The Morgan fingerprint density at radius 3 is 2.63 bits per heavy atom. The zero-order chi connectivity index (χ0) is 13.8. The molecule has 104 valence electrons. The first-order valence-electron chi connectivity index (χ1n) is 6.68. The second kappa shape index (κ2) is 6.15. The third kappa shape index (κ3) is 3.13. The summed E-state index contributed by atoms with van der Waals surface area (Å²) in [5, 5.41) is 3.25. The number of nitrogens with one attached hydrogen (secondary N) is 1. The van der Waals surface area contributed by atoms with E-state index < -0.39 is 0 Å². The third-order valence-electron chi connectivity index (χ3n) is 3.90. The molecule has 0 heterocycles. The van der Waals surface area contributed by atoms with Gasteiger partial charge in [0.15, 0.2) is 0 Å². The van der Waals surface area contributed by atoms with Crippen LogP contribution in [-0.4, -0.2) is 19.9 Å². The number of carbonyl (C=O) groups excluding carboxylic acids is 1. The van der Waals surface area contributed by atoms with Crippen LogP contribution in [-0.2, 0) is 4.79 Å². The van der Waals surface area contributed by atoms with Gasteiger partial charge in [0, 0.05) is 24.4 Å². The molecule has 19 heavy (non-hydrogen) atoms. The first-order valence-corrected chi connectivity index (χ1v) is 6.68. The normalized spacial score (nSPS) is 18.4. The molecule has 0 saturated heterocycles. The van der Waals surface area contributed by atoms with Crippen molar-refractivity contribution in [3.63, 3.8) is 0 Å². The van der Waals surface area contributed by atoms with Crippen LogP contribution in [0.25, 0.3) is 0 Å². The molecule has 1 saturated carbocycles. The van der Waals surface area contributed by atoms with Crippen molar-refractivity contribution in [2.45, 2.75) is 31.7 Å². The van der Waals surface area contributed by atoms with Gasteiger partial charge in [0.25, 0.3) is 0 Å². The number of benzene rings is 1. The second-order valence-electron chi connectivity index (χ2n) is 5.03. The molecule has 0 spiro atoms. The lowest BCUT2D eigenvalue weighted by molar-refractivity contribution is -0.121. The van der Waals surface area contributed by atoms with Gasteiger partial charge < -0.3 is 10.1 Å². The van der Waals surface area contributed by atoms with E-state index in [1.54, 1.807) is 13.2 Å².